The first-order chi connectivity index (χ1) is 16.7. The number of nitrogens with one attached hydrogen (secondary N) is 1. The Labute approximate surface area is 199 Å². The van der Waals surface area contributed by atoms with Gasteiger partial charge in [0.1, 0.15) is 12.1 Å². The van der Waals surface area contributed by atoms with Gasteiger partial charge in [-0.3, -0.25) is 4.79 Å². The third-order valence-corrected chi connectivity index (χ3v) is 6.32. The van der Waals surface area contributed by atoms with Crippen LogP contribution >= 0.6 is 0 Å². The summed E-state index contributed by atoms with van der Waals surface area (Å²) in [5.74, 6) is 0.789. The Hall–Kier alpha value is -4.06. The van der Waals surface area contributed by atoms with Gasteiger partial charge in [-0.1, -0.05) is 36.4 Å². The number of amides is 1. The van der Waals surface area contributed by atoms with E-state index in [0.29, 0.717) is 17.3 Å². The highest BCUT2D eigenvalue weighted by Gasteiger charge is 2.22. The van der Waals surface area contributed by atoms with Crippen LogP contribution in [0.4, 0.5) is 5.82 Å². The number of aromatic nitrogens is 3. The van der Waals surface area contributed by atoms with Gasteiger partial charge in [0.05, 0.1) is 5.52 Å². The van der Waals surface area contributed by atoms with Gasteiger partial charge < -0.3 is 10.2 Å². The number of fused-ring (bicyclic) bond motifs is 1. The molecule has 2 aromatic heterocycles. The highest BCUT2D eigenvalue weighted by atomic mass is 16.1. The fourth-order valence-electron chi connectivity index (χ4n) is 4.71. The van der Waals surface area contributed by atoms with Crippen LogP contribution in [0.25, 0.3) is 22.0 Å². The number of nitrogens with zero attached hydrogens (tertiary/aromatic N) is 4. The van der Waals surface area contributed by atoms with Crippen LogP contribution in [0, 0.1) is 0 Å². The molecule has 1 saturated heterocycles. The molecule has 1 aliphatic rings. The van der Waals surface area contributed by atoms with Gasteiger partial charge in [0.25, 0.3) is 5.91 Å². The molecule has 1 unspecified atom stereocenters. The number of allylic oxidation sites excluding steroid dienone is 1. The molecule has 0 spiro atoms. The zero-order valence-electron chi connectivity index (χ0n) is 19.2. The molecule has 1 aliphatic heterocycles. The molecule has 1 amide bonds. The number of pyridine rings is 1. The minimum atomic E-state index is -0.184. The summed E-state index contributed by atoms with van der Waals surface area (Å²) in [7, 11) is 0. The second-order valence-electron chi connectivity index (χ2n) is 8.55. The normalized spacial score (nSPS) is 16.1. The summed E-state index contributed by atoms with van der Waals surface area (Å²) in [4.78, 5) is 28.1. The van der Waals surface area contributed by atoms with E-state index in [0.717, 1.165) is 41.5 Å². The van der Waals surface area contributed by atoms with Crippen molar-refractivity contribution < 1.29 is 4.79 Å². The number of rotatable bonds is 5. The second-order valence-corrected chi connectivity index (χ2v) is 8.55. The lowest BCUT2D eigenvalue weighted by atomic mass is 9.87. The van der Waals surface area contributed by atoms with E-state index in [2.05, 4.69) is 56.5 Å². The van der Waals surface area contributed by atoms with E-state index in [9.17, 15) is 4.79 Å². The summed E-state index contributed by atoms with van der Waals surface area (Å²) < 4.78 is 0. The maximum absolute atomic E-state index is 12.6. The summed E-state index contributed by atoms with van der Waals surface area (Å²) in [5, 5.41) is 3.86. The quantitative estimate of drug-likeness (QED) is 0.426. The van der Waals surface area contributed by atoms with Crippen molar-refractivity contribution in [2.24, 2.45) is 0 Å². The predicted molar refractivity (Wildman–Crippen MR) is 136 cm³/mol. The minimum Gasteiger partial charge on any atom is -0.377 e. The average molecular weight is 450 g/mol. The first-order valence-electron chi connectivity index (χ1n) is 11.7. The Bertz CT molecular complexity index is 1320. The van der Waals surface area contributed by atoms with Crippen molar-refractivity contribution >= 4 is 22.6 Å². The largest absolute Gasteiger partial charge is 0.377 e. The van der Waals surface area contributed by atoms with E-state index in [1.54, 1.807) is 18.6 Å². The van der Waals surface area contributed by atoms with Gasteiger partial charge in [-0.2, -0.15) is 0 Å². The molecule has 1 atom stereocenters. The number of likely N-dealkylation sites (tertiary alicyclic amines) is 1. The number of benzene rings is 2. The standard InChI is InChI=1S/C28H27N5O/c1-2-15-33-16-5-6-22(18-33)24-13-12-23(25-17-29-19-31-27(24)25)20-8-10-21(11-9-20)28(34)32-26-7-3-4-14-30-26/h2-4,7-15,17,19,22H,5-6,16,18H2,1H3,(H,30,32,34). The summed E-state index contributed by atoms with van der Waals surface area (Å²) in [6, 6.07) is 17.4. The molecular formula is C28H27N5O. The van der Waals surface area contributed by atoms with E-state index in [1.807, 2.05) is 42.6 Å². The fraction of sp³-hybridized carbons (Fsp3) is 0.214. The number of anilines is 1. The minimum absolute atomic E-state index is 0.184. The maximum atomic E-state index is 12.6. The molecule has 5 rings (SSSR count). The zero-order chi connectivity index (χ0) is 23.3. The van der Waals surface area contributed by atoms with Crippen LogP contribution in [0.2, 0.25) is 0 Å². The molecule has 4 aromatic rings. The molecule has 0 radical (unpaired) electrons. The molecule has 2 aromatic carbocycles. The molecular weight excluding hydrogens is 422 g/mol. The maximum Gasteiger partial charge on any atom is 0.256 e. The first kappa shape index (κ1) is 21.8. The van der Waals surface area contributed by atoms with Crippen molar-refractivity contribution in [3.63, 3.8) is 0 Å². The smallest absolute Gasteiger partial charge is 0.256 e. The number of carbonyl (C=O) groups excluding carboxylic acids is 1. The number of piperidine rings is 1. The van der Waals surface area contributed by atoms with Crippen LogP contribution in [0.5, 0.6) is 0 Å². The first-order valence-corrected chi connectivity index (χ1v) is 11.7. The van der Waals surface area contributed by atoms with E-state index < -0.39 is 0 Å². The lowest BCUT2D eigenvalue weighted by Gasteiger charge is -2.32. The van der Waals surface area contributed by atoms with Crippen LogP contribution in [0.3, 0.4) is 0 Å². The molecule has 0 bridgehead atoms. The molecule has 6 nitrogen and oxygen atoms in total. The zero-order valence-corrected chi connectivity index (χ0v) is 19.2. The van der Waals surface area contributed by atoms with Crippen LogP contribution in [0.1, 0.15) is 41.6 Å². The van der Waals surface area contributed by atoms with Gasteiger partial charge in [-0.15, -0.1) is 0 Å². The fourth-order valence-corrected chi connectivity index (χ4v) is 4.71. The number of carbonyl (C=O) groups is 1. The highest BCUT2D eigenvalue weighted by molar-refractivity contribution is 6.04. The monoisotopic (exact) mass is 449 g/mol. The highest BCUT2D eigenvalue weighted by Crippen LogP contribution is 2.35. The van der Waals surface area contributed by atoms with Crippen LogP contribution in [-0.2, 0) is 0 Å². The Morgan fingerprint density at radius 3 is 2.76 bits per heavy atom. The van der Waals surface area contributed by atoms with E-state index >= 15 is 0 Å². The lowest BCUT2D eigenvalue weighted by Crippen LogP contribution is -2.30. The van der Waals surface area contributed by atoms with Crippen molar-refractivity contribution in [1.82, 2.24) is 19.9 Å². The van der Waals surface area contributed by atoms with E-state index in [1.165, 1.54) is 12.0 Å². The van der Waals surface area contributed by atoms with Crippen molar-refractivity contribution in [2.45, 2.75) is 25.7 Å². The number of hydrogen-bond acceptors (Lipinski definition) is 5. The number of hydrogen-bond donors (Lipinski definition) is 1. The molecule has 6 heteroatoms. The van der Waals surface area contributed by atoms with E-state index in [-0.39, 0.29) is 5.91 Å². The van der Waals surface area contributed by atoms with Crippen LogP contribution in [0.15, 0.2) is 85.6 Å². The third-order valence-electron chi connectivity index (χ3n) is 6.32. The topological polar surface area (TPSA) is 71.0 Å². The van der Waals surface area contributed by atoms with Gasteiger partial charge >= 0.3 is 0 Å². The second kappa shape index (κ2) is 9.83. The Kier molecular flexibility index (Phi) is 6.29. The Morgan fingerprint density at radius 1 is 1.09 bits per heavy atom. The molecule has 3 heterocycles. The third kappa shape index (κ3) is 4.53. The molecule has 1 N–H and O–H groups in total. The van der Waals surface area contributed by atoms with Gasteiger partial charge in [0.15, 0.2) is 0 Å². The summed E-state index contributed by atoms with van der Waals surface area (Å²) in [6.45, 7) is 4.17. The van der Waals surface area contributed by atoms with Crippen molar-refractivity contribution in [2.75, 3.05) is 18.4 Å². The molecule has 1 fully saturated rings. The molecule has 0 aliphatic carbocycles. The molecule has 34 heavy (non-hydrogen) atoms. The Balaban J connectivity index is 1.43. The molecule has 170 valence electrons. The van der Waals surface area contributed by atoms with Crippen LogP contribution in [-0.4, -0.2) is 38.8 Å². The van der Waals surface area contributed by atoms with Gasteiger partial charge in [-0.05, 0) is 66.9 Å². The van der Waals surface area contributed by atoms with Gasteiger partial charge in [0, 0.05) is 42.4 Å². The predicted octanol–water partition coefficient (Wildman–Crippen LogP) is 5.66. The van der Waals surface area contributed by atoms with Crippen molar-refractivity contribution in [1.29, 1.82) is 0 Å². The SMILES string of the molecule is CC=CN1CCCC(c2ccc(-c3ccc(C(=O)Nc4ccccn4)cc3)c3cncnc23)C1. The summed E-state index contributed by atoms with van der Waals surface area (Å²) in [6.07, 6.45) is 11.8. The summed E-state index contributed by atoms with van der Waals surface area (Å²) >= 11 is 0. The average Bonchev–Trinajstić information content (AvgIpc) is 2.89. The van der Waals surface area contributed by atoms with Crippen molar-refractivity contribution in [3.05, 3.63) is 96.7 Å². The summed E-state index contributed by atoms with van der Waals surface area (Å²) in [5.41, 5.74) is 4.97. The van der Waals surface area contributed by atoms with Crippen LogP contribution < -0.4 is 5.32 Å². The lowest BCUT2D eigenvalue weighted by molar-refractivity contribution is 0.102. The van der Waals surface area contributed by atoms with Gasteiger partial charge in [-0.25, -0.2) is 15.0 Å². The van der Waals surface area contributed by atoms with Crippen molar-refractivity contribution in [3.8, 4) is 11.1 Å². The Morgan fingerprint density at radius 2 is 1.97 bits per heavy atom. The molecule has 0 saturated carbocycles. The van der Waals surface area contributed by atoms with E-state index in [4.69, 9.17) is 0 Å². The van der Waals surface area contributed by atoms with Gasteiger partial charge in [0.2, 0.25) is 0 Å².